The van der Waals surface area contributed by atoms with Gasteiger partial charge in [0.2, 0.25) is 0 Å². The molecule has 0 unspecified atom stereocenters. The molecule has 0 bridgehead atoms. The first kappa shape index (κ1) is 13.5. The number of hydrogen-bond acceptors (Lipinski definition) is 4. The van der Waals surface area contributed by atoms with Gasteiger partial charge in [-0.1, -0.05) is 30.3 Å². The number of pyridine rings is 1. The molecule has 0 atom stereocenters. The molecule has 1 aliphatic heterocycles. The van der Waals surface area contributed by atoms with E-state index in [1.165, 1.54) is 0 Å². The summed E-state index contributed by atoms with van der Waals surface area (Å²) in [5.74, 6) is 1.58. The summed E-state index contributed by atoms with van der Waals surface area (Å²) in [6, 6.07) is 19.8. The van der Waals surface area contributed by atoms with Crippen molar-refractivity contribution in [3.8, 4) is 17.0 Å². The molecule has 1 aromatic heterocycles. The van der Waals surface area contributed by atoms with Crippen LogP contribution in [0.2, 0.25) is 0 Å². The predicted molar refractivity (Wildman–Crippen MR) is 92.5 cm³/mol. The van der Waals surface area contributed by atoms with Gasteiger partial charge in [-0.05, 0) is 30.3 Å². The van der Waals surface area contributed by atoms with Crippen LogP contribution in [0.15, 0.2) is 71.9 Å². The van der Waals surface area contributed by atoms with Gasteiger partial charge in [-0.2, -0.15) is 0 Å². The SMILES string of the molecule is COc1cccc(C2=Nc3ccccc3-c3ncccc3N2)c1. The van der Waals surface area contributed by atoms with Crippen LogP contribution in [-0.4, -0.2) is 17.9 Å². The fourth-order valence-corrected chi connectivity index (χ4v) is 2.68. The van der Waals surface area contributed by atoms with Crippen molar-refractivity contribution in [2.75, 3.05) is 12.4 Å². The molecule has 112 valence electrons. The van der Waals surface area contributed by atoms with E-state index in [1.54, 1.807) is 13.3 Å². The number of hydrogen-bond donors (Lipinski definition) is 1. The van der Waals surface area contributed by atoms with Crippen LogP contribution in [0.1, 0.15) is 5.56 Å². The van der Waals surface area contributed by atoms with Gasteiger partial charge in [-0.25, -0.2) is 4.99 Å². The van der Waals surface area contributed by atoms with E-state index < -0.39 is 0 Å². The Morgan fingerprint density at radius 1 is 0.957 bits per heavy atom. The van der Waals surface area contributed by atoms with Crippen LogP contribution in [0.25, 0.3) is 11.3 Å². The second kappa shape index (κ2) is 5.57. The molecular weight excluding hydrogens is 286 g/mol. The maximum absolute atomic E-state index is 5.32. The number of rotatable bonds is 2. The van der Waals surface area contributed by atoms with Gasteiger partial charge in [0.05, 0.1) is 24.2 Å². The Hall–Kier alpha value is -3.14. The molecule has 2 aromatic carbocycles. The summed E-state index contributed by atoms with van der Waals surface area (Å²) in [5.41, 5.74) is 4.74. The minimum absolute atomic E-state index is 0.781. The van der Waals surface area contributed by atoms with Crippen molar-refractivity contribution in [1.82, 2.24) is 4.98 Å². The fraction of sp³-hybridized carbons (Fsp3) is 0.0526. The Labute approximate surface area is 134 Å². The number of methoxy groups -OCH3 is 1. The maximum atomic E-state index is 5.32. The molecule has 23 heavy (non-hydrogen) atoms. The molecule has 4 heteroatoms. The molecule has 1 N–H and O–H groups in total. The van der Waals surface area contributed by atoms with Crippen molar-refractivity contribution in [3.63, 3.8) is 0 Å². The van der Waals surface area contributed by atoms with E-state index in [2.05, 4.69) is 10.3 Å². The summed E-state index contributed by atoms with van der Waals surface area (Å²) in [7, 11) is 1.66. The molecular formula is C19H15N3O. The van der Waals surface area contributed by atoms with Crippen molar-refractivity contribution in [1.29, 1.82) is 0 Å². The number of anilines is 1. The van der Waals surface area contributed by atoms with E-state index in [4.69, 9.17) is 9.73 Å². The quantitative estimate of drug-likeness (QED) is 0.769. The molecule has 0 saturated carbocycles. The minimum atomic E-state index is 0.781. The highest BCUT2D eigenvalue weighted by molar-refractivity contribution is 6.13. The minimum Gasteiger partial charge on any atom is -0.497 e. The lowest BCUT2D eigenvalue weighted by molar-refractivity contribution is 0.414. The van der Waals surface area contributed by atoms with Gasteiger partial charge in [0.1, 0.15) is 11.6 Å². The molecule has 2 heterocycles. The van der Waals surface area contributed by atoms with Crippen LogP contribution >= 0.6 is 0 Å². The zero-order valence-corrected chi connectivity index (χ0v) is 12.7. The third kappa shape index (κ3) is 2.44. The van der Waals surface area contributed by atoms with Crippen LogP contribution in [0.3, 0.4) is 0 Å². The zero-order chi connectivity index (χ0) is 15.6. The fourth-order valence-electron chi connectivity index (χ4n) is 2.68. The average molecular weight is 301 g/mol. The molecule has 0 fully saturated rings. The summed E-state index contributed by atoms with van der Waals surface area (Å²) >= 11 is 0. The van der Waals surface area contributed by atoms with Crippen molar-refractivity contribution in [3.05, 3.63) is 72.4 Å². The van der Waals surface area contributed by atoms with Crippen LogP contribution in [-0.2, 0) is 0 Å². The monoisotopic (exact) mass is 301 g/mol. The molecule has 4 rings (SSSR count). The third-order valence-corrected chi connectivity index (χ3v) is 3.80. The molecule has 4 nitrogen and oxygen atoms in total. The highest BCUT2D eigenvalue weighted by Gasteiger charge is 2.17. The molecule has 0 spiro atoms. The number of ether oxygens (including phenoxy) is 1. The number of para-hydroxylation sites is 1. The summed E-state index contributed by atoms with van der Waals surface area (Å²) in [6.07, 6.45) is 1.80. The van der Waals surface area contributed by atoms with Gasteiger partial charge < -0.3 is 10.1 Å². The molecule has 0 aliphatic carbocycles. The number of amidine groups is 1. The largest absolute Gasteiger partial charge is 0.497 e. The molecule has 1 aliphatic rings. The van der Waals surface area contributed by atoms with Crippen molar-refractivity contribution >= 4 is 17.2 Å². The second-order valence-corrected chi connectivity index (χ2v) is 5.23. The third-order valence-electron chi connectivity index (χ3n) is 3.80. The molecule has 0 saturated heterocycles. The summed E-state index contributed by atoms with van der Waals surface area (Å²) < 4.78 is 5.32. The number of aliphatic imine (C=N–C) groups is 1. The Morgan fingerprint density at radius 2 is 1.87 bits per heavy atom. The second-order valence-electron chi connectivity index (χ2n) is 5.23. The lowest BCUT2D eigenvalue weighted by Gasteiger charge is -2.10. The van der Waals surface area contributed by atoms with Crippen LogP contribution in [0.5, 0.6) is 5.75 Å². The van der Waals surface area contributed by atoms with Gasteiger partial charge in [0, 0.05) is 17.3 Å². The molecule has 3 aromatic rings. The highest BCUT2D eigenvalue weighted by Crippen LogP contribution is 2.36. The Morgan fingerprint density at radius 3 is 2.78 bits per heavy atom. The Bertz CT molecular complexity index is 902. The van der Waals surface area contributed by atoms with Gasteiger partial charge in [0.25, 0.3) is 0 Å². The van der Waals surface area contributed by atoms with Gasteiger partial charge >= 0.3 is 0 Å². The van der Waals surface area contributed by atoms with E-state index in [0.717, 1.165) is 39.8 Å². The van der Waals surface area contributed by atoms with Crippen LogP contribution in [0, 0.1) is 0 Å². The summed E-state index contributed by atoms with van der Waals surface area (Å²) in [6.45, 7) is 0. The maximum Gasteiger partial charge on any atom is 0.138 e. The summed E-state index contributed by atoms with van der Waals surface area (Å²) in [4.78, 5) is 9.33. The van der Waals surface area contributed by atoms with E-state index in [-0.39, 0.29) is 0 Å². The number of nitrogens with one attached hydrogen (secondary N) is 1. The van der Waals surface area contributed by atoms with E-state index in [9.17, 15) is 0 Å². The van der Waals surface area contributed by atoms with Crippen molar-refractivity contribution in [2.45, 2.75) is 0 Å². The molecule has 0 radical (unpaired) electrons. The Kier molecular flexibility index (Phi) is 3.27. The number of nitrogens with zero attached hydrogens (tertiary/aromatic N) is 2. The van der Waals surface area contributed by atoms with Gasteiger partial charge in [0.15, 0.2) is 0 Å². The Balaban J connectivity index is 1.91. The van der Waals surface area contributed by atoms with Crippen LogP contribution in [0.4, 0.5) is 11.4 Å². The van der Waals surface area contributed by atoms with E-state index in [1.807, 2.05) is 60.7 Å². The topological polar surface area (TPSA) is 46.5 Å². The smallest absolute Gasteiger partial charge is 0.138 e. The standard InChI is InChI=1S/C19H15N3O/c1-23-14-7-4-6-13(12-14)19-21-16-9-3-2-8-15(16)18-17(22-19)10-5-11-20-18/h2-12H,1H3,(H,21,22). The molecule has 0 amide bonds. The number of fused-ring (bicyclic) bond motifs is 3. The van der Waals surface area contributed by atoms with Crippen molar-refractivity contribution < 1.29 is 4.74 Å². The first-order chi connectivity index (χ1) is 11.3. The van der Waals surface area contributed by atoms with E-state index >= 15 is 0 Å². The predicted octanol–water partition coefficient (Wildman–Crippen LogP) is 4.26. The zero-order valence-electron chi connectivity index (χ0n) is 12.7. The number of benzene rings is 2. The summed E-state index contributed by atoms with van der Waals surface area (Å²) in [5, 5.41) is 3.41. The van der Waals surface area contributed by atoms with E-state index in [0.29, 0.717) is 0 Å². The highest BCUT2D eigenvalue weighted by atomic mass is 16.5. The first-order valence-corrected chi connectivity index (χ1v) is 7.40. The van der Waals surface area contributed by atoms with Gasteiger partial charge in [-0.3, -0.25) is 4.98 Å². The normalized spacial score (nSPS) is 12.3. The lowest BCUT2D eigenvalue weighted by atomic mass is 10.1. The van der Waals surface area contributed by atoms with Gasteiger partial charge in [-0.15, -0.1) is 0 Å². The lowest BCUT2D eigenvalue weighted by Crippen LogP contribution is -2.13. The number of aromatic nitrogens is 1. The van der Waals surface area contributed by atoms with Crippen molar-refractivity contribution in [2.24, 2.45) is 4.99 Å². The average Bonchev–Trinajstić information content (AvgIpc) is 2.79. The first-order valence-electron chi connectivity index (χ1n) is 7.40. The van der Waals surface area contributed by atoms with Crippen LogP contribution < -0.4 is 10.1 Å².